The molecule has 7 rings (SSSR count). The van der Waals surface area contributed by atoms with Crippen LogP contribution in [0.25, 0.3) is 10.9 Å². The van der Waals surface area contributed by atoms with Gasteiger partial charge in [-0.05, 0) is 103 Å². The lowest BCUT2D eigenvalue weighted by atomic mass is 9.86. The average molecular weight is 808 g/mol. The standard InChI is InChI=1S/C42H57N5O9S/c1-25(2)33-34-28(29-21-27(54-7)15-16-30(29)43-33)17-18-41(55-34)23-32-35(48)45-42(37(50)46-57(52,53)40(6)19-20-40)22-26(42)13-11-9-8-10-12-14-31(36(49)47(32)24-41)44-38(51)56-39(3,4)5/h11,13,15-16,21,25-26,31-32H,8-10,12,14,17-20,22-24H2,1-7H3,(H,44,51)(H,45,48)(H,46,50)/b13-11-/t26-,31+,32+,41-,42-/m1/s1. The minimum Gasteiger partial charge on any atom is -0.497 e. The average Bonchev–Trinajstić information content (AvgIpc) is 4.03. The summed E-state index contributed by atoms with van der Waals surface area (Å²) in [6.45, 7) is 11.0. The fourth-order valence-electron chi connectivity index (χ4n) is 8.50. The van der Waals surface area contributed by atoms with Crippen LogP contribution in [0.3, 0.4) is 0 Å². The van der Waals surface area contributed by atoms with Crippen molar-refractivity contribution in [2.75, 3.05) is 13.7 Å². The number of alkyl carbamates (subject to hydrolysis) is 1. The van der Waals surface area contributed by atoms with Crippen molar-refractivity contribution in [3.8, 4) is 11.5 Å². The highest BCUT2D eigenvalue weighted by atomic mass is 32.2. The van der Waals surface area contributed by atoms with Crippen LogP contribution in [-0.2, 0) is 35.6 Å². The summed E-state index contributed by atoms with van der Waals surface area (Å²) in [6.07, 6.45) is 8.58. The van der Waals surface area contributed by atoms with Gasteiger partial charge in [0, 0.05) is 23.3 Å². The second-order valence-electron chi connectivity index (χ2n) is 18.2. The zero-order chi connectivity index (χ0) is 41.1. The third kappa shape index (κ3) is 8.05. The molecule has 5 aliphatic rings. The van der Waals surface area contributed by atoms with Crippen LogP contribution in [-0.4, -0.2) is 89.3 Å². The number of benzene rings is 1. The van der Waals surface area contributed by atoms with Crippen LogP contribution in [0.5, 0.6) is 11.5 Å². The first kappa shape index (κ1) is 40.8. The summed E-state index contributed by atoms with van der Waals surface area (Å²) in [5.41, 5.74) is -0.771. The van der Waals surface area contributed by atoms with Gasteiger partial charge in [0.1, 0.15) is 40.3 Å². The fraction of sp³-hybridized carbons (Fsp3) is 0.643. The van der Waals surface area contributed by atoms with E-state index in [0.717, 1.165) is 35.0 Å². The Hall–Kier alpha value is -4.40. The minimum atomic E-state index is -4.00. The zero-order valence-corrected chi connectivity index (χ0v) is 35.0. The monoisotopic (exact) mass is 807 g/mol. The SMILES string of the molecule is COc1ccc2nc(C(C)C)c3c(c2c1)CC[C@]1(C[C@H]2C(=O)N[C@]4(C(=O)NS(=O)(=O)C5(C)CC5)C[C@H]4/C=C\CCCCC[C@H](NC(=O)OC(C)(C)C)C(=O)N2C1)O3. The van der Waals surface area contributed by atoms with Crippen molar-refractivity contribution in [2.45, 2.75) is 152 Å². The molecule has 1 spiro atoms. The molecule has 4 amide bonds. The number of amides is 4. The zero-order valence-electron chi connectivity index (χ0n) is 34.2. The van der Waals surface area contributed by atoms with Crippen LogP contribution in [0, 0.1) is 5.92 Å². The first-order chi connectivity index (χ1) is 26.8. The van der Waals surface area contributed by atoms with E-state index in [1.54, 1.807) is 34.8 Å². The van der Waals surface area contributed by atoms with E-state index in [0.29, 0.717) is 56.4 Å². The van der Waals surface area contributed by atoms with Gasteiger partial charge in [0.25, 0.3) is 5.91 Å². The maximum absolute atomic E-state index is 14.8. The Morgan fingerprint density at radius 2 is 1.84 bits per heavy atom. The molecule has 3 N–H and O–H groups in total. The van der Waals surface area contributed by atoms with E-state index in [2.05, 4.69) is 15.4 Å². The largest absolute Gasteiger partial charge is 0.497 e. The Bertz CT molecular complexity index is 2110. The molecule has 14 nitrogen and oxygen atoms in total. The smallest absolute Gasteiger partial charge is 0.408 e. The van der Waals surface area contributed by atoms with Gasteiger partial charge in [-0.2, -0.15) is 0 Å². The number of carbonyl (C=O) groups is 4. The molecule has 2 aromatic rings. The number of hydrogen-bond donors (Lipinski definition) is 3. The number of allylic oxidation sites excluding steroid dienone is 1. The number of rotatable bonds is 6. The maximum Gasteiger partial charge on any atom is 0.408 e. The van der Waals surface area contributed by atoms with Crippen molar-refractivity contribution in [3.05, 3.63) is 41.6 Å². The second-order valence-corrected chi connectivity index (χ2v) is 20.4. The topological polar surface area (TPSA) is 182 Å². The third-order valence-corrected chi connectivity index (χ3v) is 14.4. The molecule has 3 aliphatic heterocycles. The minimum absolute atomic E-state index is 0.00740. The van der Waals surface area contributed by atoms with Gasteiger partial charge in [0.2, 0.25) is 21.8 Å². The Labute approximate surface area is 335 Å². The van der Waals surface area contributed by atoms with Gasteiger partial charge >= 0.3 is 6.09 Å². The number of aryl methyl sites for hydroxylation is 1. The number of ether oxygens (including phenoxy) is 3. The van der Waals surface area contributed by atoms with E-state index < -0.39 is 73.3 Å². The summed E-state index contributed by atoms with van der Waals surface area (Å²) in [6, 6.07) is 3.65. The van der Waals surface area contributed by atoms with Crippen LogP contribution in [0.1, 0.15) is 123 Å². The summed E-state index contributed by atoms with van der Waals surface area (Å²) < 4.78 is 45.9. The van der Waals surface area contributed by atoms with Gasteiger partial charge in [0.05, 0.1) is 29.6 Å². The first-order valence-corrected chi connectivity index (χ1v) is 21.8. The van der Waals surface area contributed by atoms with Crippen molar-refractivity contribution in [1.82, 2.24) is 25.2 Å². The normalized spacial score (nSPS) is 29.1. The molecule has 5 atom stereocenters. The molecule has 57 heavy (non-hydrogen) atoms. The van der Waals surface area contributed by atoms with E-state index in [4.69, 9.17) is 19.2 Å². The van der Waals surface area contributed by atoms with E-state index in [1.165, 1.54) is 4.90 Å². The van der Waals surface area contributed by atoms with Crippen molar-refractivity contribution in [2.24, 2.45) is 5.92 Å². The molecular formula is C42H57N5O9S. The summed E-state index contributed by atoms with van der Waals surface area (Å²) in [7, 11) is -2.38. The molecule has 2 aliphatic carbocycles. The molecule has 1 saturated heterocycles. The van der Waals surface area contributed by atoms with Gasteiger partial charge in [0.15, 0.2) is 0 Å². The molecule has 2 saturated carbocycles. The van der Waals surface area contributed by atoms with Crippen molar-refractivity contribution in [3.63, 3.8) is 0 Å². The molecule has 15 heteroatoms. The van der Waals surface area contributed by atoms with Gasteiger partial charge in [-0.3, -0.25) is 19.1 Å². The second kappa shape index (κ2) is 14.8. The van der Waals surface area contributed by atoms with Crippen LogP contribution < -0.4 is 24.8 Å². The van der Waals surface area contributed by atoms with Crippen LogP contribution in [0.15, 0.2) is 30.4 Å². The highest BCUT2D eigenvalue weighted by molar-refractivity contribution is 7.91. The third-order valence-electron chi connectivity index (χ3n) is 12.3. The summed E-state index contributed by atoms with van der Waals surface area (Å²) in [4.78, 5) is 63.2. The van der Waals surface area contributed by atoms with E-state index in [-0.39, 0.29) is 25.3 Å². The highest BCUT2D eigenvalue weighted by Crippen LogP contribution is 2.49. The Balaban J connectivity index is 1.26. The molecule has 3 fully saturated rings. The van der Waals surface area contributed by atoms with Gasteiger partial charge in [-0.25, -0.2) is 18.2 Å². The predicted molar refractivity (Wildman–Crippen MR) is 213 cm³/mol. The number of carbonyl (C=O) groups excluding carboxylic acids is 4. The molecular weight excluding hydrogens is 751 g/mol. The quantitative estimate of drug-likeness (QED) is 0.323. The molecule has 1 aromatic heterocycles. The lowest BCUT2D eigenvalue weighted by Crippen LogP contribution is -2.58. The summed E-state index contributed by atoms with van der Waals surface area (Å²) in [5, 5.41) is 6.67. The van der Waals surface area contributed by atoms with Crippen molar-refractivity contribution < 1.29 is 41.8 Å². The number of sulfonamides is 1. The van der Waals surface area contributed by atoms with Crippen LogP contribution in [0.2, 0.25) is 0 Å². The van der Waals surface area contributed by atoms with Gasteiger partial charge in [-0.1, -0.05) is 38.8 Å². The van der Waals surface area contributed by atoms with Crippen molar-refractivity contribution >= 4 is 44.7 Å². The number of hydrogen-bond acceptors (Lipinski definition) is 10. The molecule has 310 valence electrons. The predicted octanol–water partition coefficient (Wildman–Crippen LogP) is 5.32. The van der Waals surface area contributed by atoms with Crippen molar-refractivity contribution in [1.29, 1.82) is 0 Å². The fourth-order valence-corrected chi connectivity index (χ4v) is 9.81. The van der Waals surface area contributed by atoms with Gasteiger partial charge < -0.3 is 29.7 Å². The highest BCUT2D eigenvalue weighted by Gasteiger charge is 2.64. The Morgan fingerprint density at radius 1 is 1.09 bits per heavy atom. The molecule has 4 heterocycles. The Kier molecular flexibility index (Phi) is 10.6. The number of pyridine rings is 1. The summed E-state index contributed by atoms with van der Waals surface area (Å²) in [5.74, 6) is -0.960. The number of nitrogens with zero attached hydrogens (tertiary/aromatic N) is 2. The first-order valence-electron chi connectivity index (χ1n) is 20.3. The van der Waals surface area contributed by atoms with E-state index >= 15 is 0 Å². The van der Waals surface area contributed by atoms with Gasteiger partial charge in [-0.15, -0.1) is 0 Å². The van der Waals surface area contributed by atoms with Crippen LogP contribution in [0.4, 0.5) is 4.79 Å². The van der Waals surface area contributed by atoms with Crippen LogP contribution >= 0.6 is 0 Å². The Morgan fingerprint density at radius 3 is 2.53 bits per heavy atom. The molecule has 1 aromatic carbocycles. The lowest BCUT2D eigenvalue weighted by Gasteiger charge is -2.37. The summed E-state index contributed by atoms with van der Waals surface area (Å²) >= 11 is 0. The maximum atomic E-state index is 14.8. The molecule has 0 unspecified atom stereocenters. The lowest BCUT2D eigenvalue weighted by molar-refractivity contribution is -0.141. The molecule has 0 bridgehead atoms. The number of aromatic nitrogens is 1. The van der Waals surface area contributed by atoms with E-state index in [9.17, 15) is 27.6 Å². The number of fused-ring (bicyclic) bond motifs is 5. The molecule has 0 radical (unpaired) electrons. The number of nitrogens with one attached hydrogen (secondary N) is 3. The number of methoxy groups -OCH3 is 1. The van der Waals surface area contributed by atoms with E-state index in [1.807, 2.05) is 44.2 Å².